The van der Waals surface area contributed by atoms with Gasteiger partial charge in [0.2, 0.25) is 0 Å². The molecule has 1 aliphatic rings. The van der Waals surface area contributed by atoms with Crippen LogP contribution >= 0.6 is 31.9 Å². The first kappa shape index (κ1) is 14.0. The summed E-state index contributed by atoms with van der Waals surface area (Å²) in [5.74, 6) is -0.430. The van der Waals surface area contributed by atoms with Crippen molar-refractivity contribution in [1.29, 1.82) is 0 Å². The van der Waals surface area contributed by atoms with E-state index in [2.05, 4.69) is 47.5 Å². The van der Waals surface area contributed by atoms with Crippen molar-refractivity contribution in [2.45, 2.75) is 6.04 Å². The van der Waals surface area contributed by atoms with Crippen LogP contribution in [0.5, 0.6) is 5.75 Å². The molecule has 3 N–H and O–H groups in total. The number of aliphatic imine (C=N–C) groups is 1. The lowest BCUT2D eigenvalue weighted by Crippen LogP contribution is -2.54. The molecule has 1 aromatic carbocycles. The molecular formula is C11H9Br2N3O3. The number of phenolic OH excluding ortho intramolecular Hbond substituents is 1. The zero-order valence-electron chi connectivity index (χ0n) is 9.48. The predicted molar refractivity (Wildman–Crippen MR) is 76.4 cm³/mol. The van der Waals surface area contributed by atoms with Crippen LogP contribution < -0.4 is 10.6 Å². The van der Waals surface area contributed by atoms with Gasteiger partial charge in [-0.25, -0.2) is 4.79 Å². The summed E-state index contributed by atoms with van der Waals surface area (Å²) in [7, 11) is 0. The van der Waals surface area contributed by atoms with Gasteiger partial charge < -0.3 is 10.4 Å². The Morgan fingerprint density at radius 3 is 2.79 bits per heavy atom. The monoisotopic (exact) mass is 389 g/mol. The average Bonchev–Trinajstić information content (AvgIpc) is 2.33. The van der Waals surface area contributed by atoms with Crippen molar-refractivity contribution in [3.63, 3.8) is 0 Å². The van der Waals surface area contributed by atoms with Gasteiger partial charge in [-0.15, -0.1) is 0 Å². The molecule has 3 amide bonds. The van der Waals surface area contributed by atoms with Gasteiger partial charge in [0.1, 0.15) is 11.8 Å². The van der Waals surface area contributed by atoms with E-state index in [0.29, 0.717) is 10.0 Å². The van der Waals surface area contributed by atoms with E-state index in [1.54, 1.807) is 12.1 Å². The van der Waals surface area contributed by atoms with Gasteiger partial charge in [0.05, 0.1) is 11.0 Å². The molecule has 6 nitrogen and oxygen atoms in total. The van der Waals surface area contributed by atoms with Crippen molar-refractivity contribution in [3.05, 3.63) is 26.6 Å². The van der Waals surface area contributed by atoms with Gasteiger partial charge in [0, 0.05) is 16.3 Å². The number of phenols is 1. The van der Waals surface area contributed by atoms with E-state index in [4.69, 9.17) is 0 Å². The quantitative estimate of drug-likeness (QED) is 0.669. The third-order valence-corrected chi connectivity index (χ3v) is 3.51. The Kier molecular flexibility index (Phi) is 4.20. The van der Waals surface area contributed by atoms with E-state index in [9.17, 15) is 14.7 Å². The molecule has 0 aromatic heterocycles. The van der Waals surface area contributed by atoms with E-state index < -0.39 is 18.0 Å². The lowest BCUT2D eigenvalue weighted by atomic mass is 10.2. The Balaban J connectivity index is 2.19. The topological polar surface area (TPSA) is 90.8 Å². The second-order valence-corrected chi connectivity index (χ2v) is 5.59. The second kappa shape index (κ2) is 5.70. The number of imide groups is 1. The fourth-order valence-corrected chi connectivity index (χ4v) is 2.75. The molecule has 2 rings (SSSR count). The first-order chi connectivity index (χ1) is 8.97. The minimum atomic E-state index is -0.699. The summed E-state index contributed by atoms with van der Waals surface area (Å²) in [4.78, 5) is 26.4. The fraction of sp³-hybridized carbons (Fsp3) is 0.182. The molecule has 0 bridgehead atoms. The van der Waals surface area contributed by atoms with Crippen LogP contribution in [0.25, 0.3) is 0 Å². The molecular weight excluding hydrogens is 382 g/mol. The third kappa shape index (κ3) is 3.32. The molecule has 19 heavy (non-hydrogen) atoms. The second-order valence-electron chi connectivity index (χ2n) is 3.82. The summed E-state index contributed by atoms with van der Waals surface area (Å²) < 4.78 is 1.28. The first-order valence-corrected chi connectivity index (χ1v) is 6.86. The van der Waals surface area contributed by atoms with E-state index in [0.717, 1.165) is 4.47 Å². The average molecular weight is 391 g/mol. The lowest BCUT2D eigenvalue weighted by Gasteiger charge is -2.18. The van der Waals surface area contributed by atoms with Crippen molar-refractivity contribution in [2.24, 2.45) is 4.99 Å². The molecule has 0 radical (unpaired) electrons. The van der Waals surface area contributed by atoms with Crippen LogP contribution in [-0.4, -0.2) is 35.8 Å². The largest absolute Gasteiger partial charge is 0.506 e. The highest BCUT2D eigenvalue weighted by Gasteiger charge is 2.24. The number of carbonyl (C=O) groups excluding carboxylic acids is 2. The summed E-state index contributed by atoms with van der Waals surface area (Å²) in [5, 5.41) is 14.4. The Hall–Kier alpha value is -1.41. The number of nitrogens with zero attached hydrogens (tertiary/aromatic N) is 1. The van der Waals surface area contributed by atoms with Crippen LogP contribution in [0.2, 0.25) is 0 Å². The Bertz CT molecular complexity index is 575. The molecule has 0 saturated carbocycles. The van der Waals surface area contributed by atoms with E-state index >= 15 is 0 Å². The van der Waals surface area contributed by atoms with Crippen LogP contribution in [0.3, 0.4) is 0 Å². The highest BCUT2D eigenvalue weighted by Crippen LogP contribution is 2.30. The maximum atomic E-state index is 11.5. The number of amides is 3. The van der Waals surface area contributed by atoms with Crippen molar-refractivity contribution >= 4 is 50.0 Å². The molecule has 0 aliphatic carbocycles. The number of benzene rings is 1. The van der Waals surface area contributed by atoms with Crippen molar-refractivity contribution in [2.75, 3.05) is 6.54 Å². The zero-order chi connectivity index (χ0) is 14.0. The van der Waals surface area contributed by atoms with Gasteiger partial charge in [0.25, 0.3) is 5.91 Å². The smallest absolute Gasteiger partial charge is 0.321 e. The summed E-state index contributed by atoms with van der Waals surface area (Å²) in [5.41, 5.74) is 0.464. The normalized spacial score (nSPS) is 19.4. The zero-order valence-corrected chi connectivity index (χ0v) is 12.7. The number of carbonyl (C=O) groups is 2. The molecule has 0 spiro atoms. The van der Waals surface area contributed by atoms with Gasteiger partial charge in [-0.2, -0.15) is 0 Å². The summed E-state index contributed by atoms with van der Waals surface area (Å²) in [6.07, 6.45) is 1.40. The summed E-state index contributed by atoms with van der Waals surface area (Å²) in [6.45, 7) is 0.136. The van der Waals surface area contributed by atoms with Gasteiger partial charge in [-0.3, -0.25) is 15.1 Å². The third-order valence-electron chi connectivity index (χ3n) is 2.45. The number of halogens is 2. The Morgan fingerprint density at radius 1 is 1.37 bits per heavy atom. The fourth-order valence-electron chi connectivity index (χ4n) is 1.50. The predicted octanol–water partition coefficient (Wildman–Crippen LogP) is 1.54. The molecule has 1 saturated heterocycles. The Morgan fingerprint density at radius 2 is 2.11 bits per heavy atom. The van der Waals surface area contributed by atoms with Gasteiger partial charge in [-0.05, 0) is 28.1 Å². The van der Waals surface area contributed by atoms with E-state index in [1.807, 2.05) is 0 Å². The SMILES string of the molecule is O=C1NCC(N=Cc2cc(Br)cc(Br)c2O)C(=O)N1. The highest BCUT2D eigenvalue weighted by atomic mass is 79.9. The number of urea groups is 1. The van der Waals surface area contributed by atoms with Gasteiger partial charge in [-0.1, -0.05) is 15.9 Å². The maximum absolute atomic E-state index is 11.5. The molecule has 1 aromatic rings. The molecule has 1 fully saturated rings. The van der Waals surface area contributed by atoms with Crippen LogP contribution in [0, 0.1) is 0 Å². The standard InChI is InChI=1S/C11H9Br2N3O3/c12-6-1-5(9(17)7(13)2-6)3-14-8-4-15-11(19)16-10(8)18/h1-3,8,17H,4H2,(H2,15,16,18,19). The van der Waals surface area contributed by atoms with Crippen molar-refractivity contribution in [3.8, 4) is 5.75 Å². The lowest BCUT2D eigenvalue weighted by molar-refractivity contribution is -0.121. The minimum absolute atomic E-state index is 0.0344. The minimum Gasteiger partial charge on any atom is -0.506 e. The number of aromatic hydroxyl groups is 1. The van der Waals surface area contributed by atoms with E-state index in [-0.39, 0.29) is 12.3 Å². The maximum Gasteiger partial charge on any atom is 0.321 e. The summed E-state index contributed by atoms with van der Waals surface area (Å²) >= 11 is 6.50. The molecule has 1 heterocycles. The number of nitrogens with one attached hydrogen (secondary N) is 2. The molecule has 1 atom stereocenters. The molecule has 100 valence electrons. The van der Waals surface area contributed by atoms with Crippen LogP contribution in [0.4, 0.5) is 4.79 Å². The van der Waals surface area contributed by atoms with Gasteiger partial charge in [0.15, 0.2) is 0 Å². The molecule has 1 unspecified atom stereocenters. The van der Waals surface area contributed by atoms with Crippen LogP contribution in [0.1, 0.15) is 5.56 Å². The summed E-state index contributed by atoms with van der Waals surface area (Å²) in [6, 6.07) is 2.14. The molecule has 1 aliphatic heterocycles. The number of hydrogen-bond donors (Lipinski definition) is 3. The first-order valence-electron chi connectivity index (χ1n) is 5.27. The van der Waals surface area contributed by atoms with Crippen LogP contribution in [0.15, 0.2) is 26.1 Å². The Labute approximate surface area is 125 Å². The highest BCUT2D eigenvalue weighted by molar-refractivity contribution is 9.11. The van der Waals surface area contributed by atoms with Gasteiger partial charge >= 0.3 is 6.03 Å². The van der Waals surface area contributed by atoms with Crippen molar-refractivity contribution < 1.29 is 14.7 Å². The molecule has 8 heteroatoms. The van der Waals surface area contributed by atoms with Crippen LogP contribution in [-0.2, 0) is 4.79 Å². The van der Waals surface area contributed by atoms with E-state index in [1.165, 1.54) is 6.21 Å². The number of rotatable bonds is 2. The van der Waals surface area contributed by atoms with Crippen molar-refractivity contribution in [1.82, 2.24) is 10.6 Å². The number of hydrogen-bond acceptors (Lipinski definition) is 4.